The van der Waals surface area contributed by atoms with Gasteiger partial charge in [-0.05, 0) is 49.9 Å². The van der Waals surface area contributed by atoms with Crippen LogP contribution in [-0.2, 0) is 33.3 Å². The minimum absolute atomic E-state index is 0.0574. The molecule has 1 fully saturated rings. The van der Waals surface area contributed by atoms with Crippen molar-refractivity contribution >= 4 is 47.2 Å². The van der Waals surface area contributed by atoms with Gasteiger partial charge in [-0.15, -0.1) is 0 Å². The van der Waals surface area contributed by atoms with Crippen LogP contribution in [0.2, 0.25) is 0 Å². The lowest BCUT2D eigenvalue weighted by Crippen LogP contribution is -2.47. The number of hydroxylamine groups is 2. The van der Waals surface area contributed by atoms with Gasteiger partial charge < -0.3 is 55.7 Å². The normalized spacial score (nSPS) is 19.6. The fraction of sp³-hybridized carbons (Fsp3) is 0.605. The lowest BCUT2D eigenvalue weighted by atomic mass is 10.0. The number of hydrogen-bond donors (Lipinski definition) is 8. The van der Waals surface area contributed by atoms with Gasteiger partial charge in [-0.1, -0.05) is 23.6 Å². The highest BCUT2D eigenvalue weighted by Gasteiger charge is 2.37. The second-order valence-electron chi connectivity index (χ2n) is 13.3. The van der Waals surface area contributed by atoms with Gasteiger partial charge in [0.2, 0.25) is 0 Å². The Morgan fingerprint density at radius 2 is 1.58 bits per heavy atom. The van der Waals surface area contributed by atoms with Gasteiger partial charge in [-0.3, -0.25) is 29.9 Å². The summed E-state index contributed by atoms with van der Waals surface area (Å²) in [5, 5.41) is 51.1. The molecule has 1 aromatic carbocycles. The summed E-state index contributed by atoms with van der Waals surface area (Å²) in [5.41, 5.74) is 1.24. The molecule has 9 N–H and O–H groups in total. The largest absolute Gasteiger partial charge is 0.390 e. The van der Waals surface area contributed by atoms with E-state index in [1.165, 1.54) is 28.8 Å². The Bertz CT molecular complexity index is 1490. The maximum Gasteiger partial charge on any atom is 0.319 e. The second-order valence-corrected chi connectivity index (χ2v) is 14.5. The fourth-order valence-corrected chi connectivity index (χ4v) is 6.60. The van der Waals surface area contributed by atoms with Gasteiger partial charge in [0.15, 0.2) is 0 Å². The van der Waals surface area contributed by atoms with Crippen LogP contribution < -0.4 is 21.8 Å². The predicted octanol–water partition coefficient (Wildman–Crippen LogP) is 1.25. The summed E-state index contributed by atoms with van der Waals surface area (Å²) in [6.07, 6.45) is 4.70. The van der Waals surface area contributed by atoms with Crippen LogP contribution in [0.1, 0.15) is 38.5 Å². The molecule has 4 atom stereocenters. The molecule has 2 aliphatic rings. The molecule has 0 aliphatic carbocycles. The molecule has 1 saturated heterocycles. The number of thioether (sulfide) groups is 1. The third-order valence-corrected chi connectivity index (χ3v) is 9.88. The van der Waals surface area contributed by atoms with Crippen molar-refractivity contribution < 1.29 is 58.7 Å². The van der Waals surface area contributed by atoms with Crippen LogP contribution in [0.25, 0.3) is 0 Å². The zero-order chi connectivity index (χ0) is 42.7. The van der Waals surface area contributed by atoms with Crippen LogP contribution >= 0.6 is 11.8 Å². The number of anilines is 1. The lowest BCUT2D eigenvalue weighted by molar-refractivity contribution is -0.309. The Morgan fingerprint density at radius 1 is 0.932 bits per heavy atom. The van der Waals surface area contributed by atoms with E-state index in [1.807, 2.05) is 0 Å². The average Bonchev–Trinajstić information content (AvgIpc) is 3.53. The first kappa shape index (κ1) is 49.4. The van der Waals surface area contributed by atoms with E-state index < -0.39 is 23.7 Å². The summed E-state index contributed by atoms with van der Waals surface area (Å²) in [7, 11) is 0. The molecular weight excluding hydrogens is 793 g/mol. The highest BCUT2D eigenvalue weighted by Crippen LogP contribution is 2.34. The number of carbonyl (C=O) groups is 3. The van der Waals surface area contributed by atoms with E-state index in [0.29, 0.717) is 103 Å². The minimum atomic E-state index is -1.11. The zero-order valence-corrected chi connectivity index (χ0v) is 34.1. The molecule has 0 spiro atoms. The number of unbranched alkanes of at least 4 members (excludes halogenated alkanes) is 1. The highest BCUT2D eigenvalue weighted by atomic mass is 32.2. The average molecular weight is 853 g/mol. The number of imide groups is 1. The number of hydrogen-bond acceptors (Lipinski definition) is 18. The van der Waals surface area contributed by atoms with Gasteiger partial charge in [-0.2, -0.15) is 5.10 Å². The van der Waals surface area contributed by atoms with Gasteiger partial charge in [0, 0.05) is 67.1 Å². The second kappa shape index (κ2) is 29.3. The number of aliphatic imine (C=N–C) groups is 1. The van der Waals surface area contributed by atoms with Crippen molar-refractivity contribution in [2.45, 2.75) is 67.2 Å². The SMILES string of the molecule is C=C(CCOCCOCCOCCOCCN=C/C(CCCCNC(=O)Nc1ccc(SC2OC(CCN(O)O)CC(O)C2O)cc1)=N\N)NCCN1C(=O)C=CC1=O. The highest BCUT2D eigenvalue weighted by molar-refractivity contribution is 7.99. The molecule has 2 heterocycles. The molecule has 59 heavy (non-hydrogen) atoms. The molecule has 0 radical (unpaired) electrons. The van der Waals surface area contributed by atoms with E-state index in [0.717, 1.165) is 17.0 Å². The molecule has 0 bridgehead atoms. The number of rotatable bonds is 31. The standard InChI is InChI=1S/C38H60N8O12S/c1-28(41-14-17-45-34(48)9-10-35(45)49)12-18-54-20-22-56-24-25-57-23-21-55-19-15-40-27-30(44-39)4-2-3-13-42-38(51)43-29-5-7-32(8-6-29)59-37-36(50)33(47)26-31(58-37)11-16-46(52)53/h5-10,27,31,33,36-37,41,47,50,52-53H,1-4,11-26,39H2,(H2,42,43,51)/b40-27?,44-30-. The molecule has 2 aliphatic heterocycles. The number of ether oxygens (including phenoxy) is 5. The number of amides is 4. The molecular formula is C38H60N8O12S. The van der Waals surface area contributed by atoms with Crippen molar-refractivity contribution in [2.24, 2.45) is 15.9 Å². The molecule has 0 aromatic heterocycles. The van der Waals surface area contributed by atoms with E-state index in [-0.39, 0.29) is 49.0 Å². The number of aliphatic hydroxyl groups excluding tert-OH is 2. The Hall–Kier alpha value is -4.00. The van der Waals surface area contributed by atoms with Crippen molar-refractivity contribution in [2.75, 3.05) is 90.9 Å². The summed E-state index contributed by atoms with van der Waals surface area (Å²) >= 11 is 1.23. The fourth-order valence-electron chi connectivity index (χ4n) is 5.51. The van der Waals surface area contributed by atoms with E-state index in [4.69, 9.17) is 39.9 Å². The minimum Gasteiger partial charge on any atom is -0.390 e. The van der Waals surface area contributed by atoms with Gasteiger partial charge in [0.05, 0.1) is 83.9 Å². The van der Waals surface area contributed by atoms with Gasteiger partial charge in [-0.25, -0.2) is 4.79 Å². The van der Waals surface area contributed by atoms with Gasteiger partial charge in [0.25, 0.3) is 11.8 Å². The van der Waals surface area contributed by atoms with E-state index in [9.17, 15) is 24.6 Å². The van der Waals surface area contributed by atoms with Crippen molar-refractivity contribution in [1.82, 2.24) is 20.8 Å². The molecule has 4 amide bonds. The summed E-state index contributed by atoms with van der Waals surface area (Å²) in [4.78, 5) is 41.7. The third kappa shape index (κ3) is 21.2. The molecule has 4 unspecified atom stereocenters. The van der Waals surface area contributed by atoms with E-state index in [2.05, 4.69) is 32.6 Å². The van der Waals surface area contributed by atoms with Crippen LogP contribution in [0, 0.1) is 0 Å². The van der Waals surface area contributed by atoms with Crippen molar-refractivity contribution in [3.05, 3.63) is 48.7 Å². The Kier molecular flexibility index (Phi) is 24.5. The summed E-state index contributed by atoms with van der Waals surface area (Å²) in [6, 6.07) is 6.62. The first-order valence-electron chi connectivity index (χ1n) is 19.6. The van der Waals surface area contributed by atoms with Crippen molar-refractivity contribution in [3.63, 3.8) is 0 Å². The molecule has 1 aromatic rings. The number of urea groups is 1. The zero-order valence-electron chi connectivity index (χ0n) is 33.3. The first-order valence-corrected chi connectivity index (χ1v) is 20.4. The number of hydrazone groups is 1. The van der Waals surface area contributed by atoms with Gasteiger partial charge >= 0.3 is 6.03 Å². The summed E-state index contributed by atoms with van der Waals surface area (Å²) < 4.78 is 27.9. The van der Waals surface area contributed by atoms with Crippen LogP contribution in [0.3, 0.4) is 0 Å². The smallest absolute Gasteiger partial charge is 0.319 e. The number of carbonyl (C=O) groups excluding carboxylic acids is 3. The van der Waals surface area contributed by atoms with Crippen molar-refractivity contribution in [1.29, 1.82) is 0 Å². The Morgan fingerprint density at radius 3 is 2.22 bits per heavy atom. The van der Waals surface area contributed by atoms with Crippen molar-refractivity contribution in [3.8, 4) is 0 Å². The van der Waals surface area contributed by atoms with Crippen LogP contribution in [0.5, 0.6) is 0 Å². The topological polar surface area (TPSA) is 272 Å². The van der Waals surface area contributed by atoms with Gasteiger partial charge in [0.1, 0.15) is 11.5 Å². The molecule has 0 saturated carbocycles. The Labute approximate surface area is 348 Å². The number of nitrogens with zero attached hydrogens (tertiary/aromatic N) is 4. The number of nitrogens with one attached hydrogen (secondary N) is 3. The molecule has 20 nitrogen and oxygen atoms in total. The molecule has 3 rings (SSSR count). The lowest BCUT2D eigenvalue weighted by Gasteiger charge is -2.37. The number of benzene rings is 1. The summed E-state index contributed by atoms with van der Waals surface area (Å²) in [5.74, 6) is 4.91. The first-order chi connectivity index (χ1) is 28.5. The molecule has 21 heteroatoms. The number of aliphatic hydroxyl groups is 2. The third-order valence-electron chi connectivity index (χ3n) is 8.71. The monoisotopic (exact) mass is 852 g/mol. The predicted molar refractivity (Wildman–Crippen MR) is 219 cm³/mol. The van der Waals surface area contributed by atoms with Crippen LogP contribution in [-0.4, -0.2) is 170 Å². The number of nitrogens with two attached hydrogens (primary N) is 1. The maximum atomic E-state index is 12.4. The Balaban J connectivity index is 1.10. The van der Waals surface area contributed by atoms with Crippen LogP contribution in [0.4, 0.5) is 10.5 Å². The maximum absolute atomic E-state index is 12.4. The van der Waals surface area contributed by atoms with E-state index >= 15 is 0 Å². The molecule has 330 valence electrons. The van der Waals surface area contributed by atoms with Crippen LogP contribution in [0.15, 0.2) is 63.7 Å². The summed E-state index contributed by atoms with van der Waals surface area (Å²) in [6.45, 7) is 8.97. The van der Waals surface area contributed by atoms with E-state index in [1.54, 1.807) is 30.5 Å². The quantitative estimate of drug-likeness (QED) is 0.0172.